The van der Waals surface area contributed by atoms with Crippen molar-refractivity contribution >= 4 is 11.8 Å². The highest BCUT2D eigenvalue weighted by atomic mass is 16.4. The van der Waals surface area contributed by atoms with Crippen molar-refractivity contribution in [3.8, 4) is 12.3 Å². The van der Waals surface area contributed by atoms with Crippen LogP contribution >= 0.6 is 0 Å². The van der Waals surface area contributed by atoms with Crippen molar-refractivity contribution in [1.29, 1.82) is 0 Å². The number of aryl methyl sites for hydroxylation is 1. The van der Waals surface area contributed by atoms with Crippen LogP contribution < -0.4 is 5.32 Å². The van der Waals surface area contributed by atoms with E-state index in [9.17, 15) is 4.79 Å². The third-order valence-corrected chi connectivity index (χ3v) is 1.86. The Morgan fingerprint density at radius 3 is 2.93 bits per heavy atom. The van der Waals surface area contributed by atoms with Gasteiger partial charge in [0.15, 0.2) is 0 Å². The summed E-state index contributed by atoms with van der Waals surface area (Å²) in [6.07, 6.45) is 5.77. The van der Waals surface area contributed by atoms with Crippen molar-refractivity contribution in [3.05, 3.63) is 23.4 Å². The third-order valence-electron chi connectivity index (χ3n) is 1.86. The molecule has 78 valence electrons. The lowest BCUT2D eigenvalue weighted by atomic mass is 10.2. The Hall–Kier alpha value is -2.02. The SMILES string of the molecule is C#CCNc1cc(C(=O)O)cc(CC)n1. The summed E-state index contributed by atoms with van der Waals surface area (Å²) in [7, 11) is 0. The van der Waals surface area contributed by atoms with Crippen LogP contribution in [0.15, 0.2) is 12.1 Å². The number of aromatic carboxylic acids is 1. The Labute approximate surface area is 88.3 Å². The number of carboxylic acids is 1. The molecule has 0 saturated heterocycles. The number of hydrogen-bond acceptors (Lipinski definition) is 3. The van der Waals surface area contributed by atoms with Crippen molar-refractivity contribution < 1.29 is 9.90 Å². The second kappa shape index (κ2) is 5.01. The quantitative estimate of drug-likeness (QED) is 0.727. The van der Waals surface area contributed by atoms with Gasteiger partial charge in [-0.3, -0.25) is 0 Å². The van der Waals surface area contributed by atoms with E-state index in [1.165, 1.54) is 6.07 Å². The van der Waals surface area contributed by atoms with Crippen LogP contribution in [-0.4, -0.2) is 22.6 Å². The lowest BCUT2D eigenvalue weighted by molar-refractivity contribution is 0.0696. The Balaban J connectivity index is 3.01. The number of carboxylic acid groups (broad SMARTS) is 1. The second-order valence-corrected chi connectivity index (χ2v) is 2.95. The molecule has 4 heteroatoms. The highest BCUT2D eigenvalue weighted by Gasteiger charge is 2.06. The zero-order chi connectivity index (χ0) is 11.3. The maximum Gasteiger partial charge on any atom is 0.335 e. The number of carbonyl (C=O) groups is 1. The van der Waals surface area contributed by atoms with Gasteiger partial charge in [0, 0.05) is 5.69 Å². The molecule has 1 heterocycles. The van der Waals surface area contributed by atoms with Gasteiger partial charge in [-0.2, -0.15) is 0 Å². The fourth-order valence-electron chi connectivity index (χ4n) is 1.12. The largest absolute Gasteiger partial charge is 0.478 e. The fourth-order valence-corrected chi connectivity index (χ4v) is 1.12. The molecule has 0 aliphatic heterocycles. The zero-order valence-corrected chi connectivity index (χ0v) is 8.45. The minimum atomic E-state index is -0.962. The Morgan fingerprint density at radius 1 is 1.67 bits per heavy atom. The van der Waals surface area contributed by atoms with Crippen LogP contribution in [0, 0.1) is 12.3 Å². The molecule has 0 unspecified atom stereocenters. The van der Waals surface area contributed by atoms with Gasteiger partial charge in [-0.1, -0.05) is 12.8 Å². The predicted molar refractivity (Wildman–Crippen MR) is 57.9 cm³/mol. The summed E-state index contributed by atoms with van der Waals surface area (Å²) in [5, 5.41) is 11.7. The van der Waals surface area contributed by atoms with Gasteiger partial charge < -0.3 is 10.4 Å². The molecule has 0 radical (unpaired) electrons. The van der Waals surface area contributed by atoms with Gasteiger partial charge in [-0.25, -0.2) is 9.78 Å². The number of nitrogens with zero attached hydrogens (tertiary/aromatic N) is 1. The van der Waals surface area contributed by atoms with Crippen LogP contribution in [0.4, 0.5) is 5.82 Å². The van der Waals surface area contributed by atoms with Gasteiger partial charge in [-0.15, -0.1) is 6.42 Å². The molecule has 0 spiro atoms. The lowest BCUT2D eigenvalue weighted by Crippen LogP contribution is -2.06. The number of nitrogens with one attached hydrogen (secondary N) is 1. The molecule has 0 aliphatic rings. The van der Waals surface area contributed by atoms with Crippen LogP contribution in [0.2, 0.25) is 0 Å². The van der Waals surface area contributed by atoms with Gasteiger partial charge in [-0.05, 0) is 18.6 Å². The standard InChI is InChI=1S/C11H12N2O2/c1-3-5-12-10-7-8(11(14)15)6-9(4-2)13-10/h1,6-7H,4-5H2,2H3,(H,12,13)(H,14,15). The van der Waals surface area contributed by atoms with Crippen LogP contribution in [0.25, 0.3) is 0 Å². The number of aromatic nitrogens is 1. The predicted octanol–water partition coefficient (Wildman–Crippen LogP) is 1.39. The first-order valence-electron chi connectivity index (χ1n) is 4.59. The zero-order valence-electron chi connectivity index (χ0n) is 8.45. The van der Waals surface area contributed by atoms with E-state index in [2.05, 4.69) is 16.2 Å². The van der Waals surface area contributed by atoms with E-state index in [1.54, 1.807) is 6.07 Å². The van der Waals surface area contributed by atoms with E-state index in [0.717, 1.165) is 5.69 Å². The minimum Gasteiger partial charge on any atom is -0.478 e. The van der Waals surface area contributed by atoms with Crippen molar-refractivity contribution in [1.82, 2.24) is 4.98 Å². The fraction of sp³-hybridized carbons (Fsp3) is 0.273. The minimum absolute atomic E-state index is 0.223. The number of hydrogen-bond donors (Lipinski definition) is 2. The maximum atomic E-state index is 10.8. The normalized spacial score (nSPS) is 9.33. The summed E-state index contributed by atoms with van der Waals surface area (Å²) in [5.74, 6) is 1.95. The maximum absolute atomic E-state index is 10.8. The first-order chi connectivity index (χ1) is 7.17. The van der Waals surface area contributed by atoms with Crippen LogP contribution in [0.5, 0.6) is 0 Å². The molecule has 0 fully saturated rings. The highest BCUT2D eigenvalue weighted by Crippen LogP contribution is 2.11. The topological polar surface area (TPSA) is 62.2 Å². The molecule has 0 aromatic carbocycles. The van der Waals surface area contributed by atoms with E-state index in [0.29, 0.717) is 18.8 Å². The Kier molecular flexibility index (Phi) is 3.69. The summed E-state index contributed by atoms with van der Waals surface area (Å²) in [5.41, 5.74) is 0.954. The van der Waals surface area contributed by atoms with Crippen LogP contribution in [0.3, 0.4) is 0 Å². The summed E-state index contributed by atoms with van der Waals surface area (Å²) < 4.78 is 0. The van der Waals surface area contributed by atoms with E-state index in [4.69, 9.17) is 11.5 Å². The molecule has 1 rings (SSSR count). The number of pyridine rings is 1. The van der Waals surface area contributed by atoms with Crippen molar-refractivity contribution in [3.63, 3.8) is 0 Å². The lowest BCUT2D eigenvalue weighted by Gasteiger charge is -2.05. The molecular formula is C11H12N2O2. The molecule has 0 aliphatic carbocycles. The van der Waals surface area contributed by atoms with E-state index < -0.39 is 5.97 Å². The van der Waals surface area contributed by atoms with Gasteiger partial charge in [0.2, 0.25) is 0 Å². The van der Waals surface area contributed by atoms with Crippen molar-refractivity contribution in [2.75, 3.05) is 11.9 Å². The second-order valence-electron chi connectivity index (χ2n) is 2.95. The summed E-state index contributed by atoms with van der Waals surface area (Å²) in [6.45, 7) is 2.25. The Bertz CT molecular complexity index is 408. The van der Waals surface area contributed by atoms with Crippen molar-refractivity contribution in [2.45, 2.75) is 13.3 Å². The molecule has 1 aromatic rings. The van der Waals surface area contributed by atoms with E-state index >= 15 is 0 Å². The molecule has 2 N–H and O–H groups in total. The van der Waals surface area contributed by atoms with Gasteiger partial charge >= 0.3 is 5.97 Å². The Morgan fingerprint density at radius 2 is 2.40 bits per heavy atom. The molecule has 1 aromatic heterocycles. The van der Waals surface area contributed by atoms with Crippen molar-refractivity contribution in [2.24, 2.45) is 0 Å². The first kappa shape index (κ1) is 11.1. The summed E-state index contributed by atoms with van der Waals surface area (Å²) in [4.78, 5) is 15.0. The number of rotatable bonds is 4. The van der Waals surface area contributed by atoms with E-state index in [1.807, 2.05) is 6.92 Å². The molecule has 0 atom stereocenters. The molecule has 0 amide bonds. The summed E-state index contributed by atoms with van der Waals surface area (Å²) in [6, 6.07) is 3.03. The molecule has 4 nitrogen and oxygen atoms in total. The van der Waals surface area contributed by atoms with Crippen LogP contribution in [-0.2, 0) is 6.42 Å². The van der Waals surface area contributed by atoms with Gasteiger partial charge in [0.25, 0.3) is 0 Å². The van der Waals surface area contributed by atoms with Gasteiger partial charge in [0.05, 0.1) is 12.1 Å². The monoisotopic (exact) mass is 204 g/mol. The molecule has 0 bridgehead atoms. The average molecular weight is 204 g/mol. The van der Waals surface area contributed by atoms with Gasteiger partial charge in [0.1, 0.15) is 5.82 Å². The van der Waals surface area contributed by atoms with E-state index in [-0.39, 0.29) is 5.56 Å². The highest BCUT2D eigenvalue weighted by molar-refractivity contribution is 5.88. The average Bonchev–Trinajstić information content (AvgIpc) is 2.25. The first-order valence-corrected chi connectivity index (χ1v) is 4.59. The molecule has 15 heavy (non-hydrogen) atoms. The smallest absolute Gasteiger partial charge is 0.335 e. The summed E-state index contributed by atoms with van der Waals surface area (Å²) >= 11 is 0. The number of anilines is 1. The number of terminal acetylenes is 1. The molecular weight excluding hydrogens is 192 g/mol. The third kappa shape index (κ3) is 2.99. The molecule has 0 saturated carbocycles. The van der Waals surface area contributed by atoms with Crippen LogP contribution in [0.1, 0.15) is 23.0 Å².